The molecule has 0 aliphatic rings. The van der Waals surface area contributed by atoms with Crippen LogP contribution in [0.25, 0.3) is 0 Å². The normalized spacial score (nSPS) is 10.4. The molecule has 0 atom stereocenters. The van der Waals surface area contributed by atoms with Gasteiger partial charge in [-0.2, -0.15) is 0 Å². The zero-order valence-corrected chi connectivity index (χ0v) is 17.2. The number of carbonyl (C=O) groups excluding carboxylic acids is 1. The molecule has 0 saturated heterocycles. The van der Waals surface area contributed by atoms with E-state index in [9.17, 15) is 4.79 Å². The van der Waals surface area contributed by atoms with E-state index >= 15 is 0 Å². The van der Waals surface area contributed by atoms with Gasteiger partial charge in [-0.3, -0.25) is 4.79 Å². The molecule has 1 amide bonds. The number of amides is 1. The lowest BCUT2D eigenvalue weighted by Gasteiger charge is -2.11. The van der Waals surface area contributed by atoms with Crippen LogP contribution >= 0.6 is 15.9 Å². The fourth-order valence-corrected chi connectivity index (χ4v) is 2.99. The fourth-order valence-electron chi connectivity index (χ4n) is 2.72. The topological polar surface area (TPSA) is 47.6 Å². The van der Waals surface area contributed by atoms with E-state index in [1.807, 2.05) is 73.7 Å². The van der Waals surface area contributed by atoms with E-state index < -0.39 is 0 Å². The first-order valence-corrected chi connectivity index (χ1v) is 9.91. The Morgan fingerprint density at radius 2 is 1.75 bits per heavy atom. The van der Waals surface area contributed by atoms with Crippen molar-refractivity contribution in [1.29, 1.82) is 0 Å². The van der Waals surface area contributed by atoms with E-state index in [1.165, 1.54) is 0 Å². The zero-order valence-electron chi connectivity index (χ0n) is 15.7. The second-order valence-electron chi connectivity index (χ2n) is 6.17. The molecule has 0 heterocycles. The number of rotatable bonds is 8. The number of hydrogen-bond acceptors (Lipinski definition) is 3. The molecular formula is C23H22BrNO3. The highest BCUT2D eigenvalue weighted by Gasteiger charge is 2.09. The summed E-state index contributed by atoms with van der Waals surface area (Å²) >= 11 is 3.40. The van der Waals surface area contributed by atoms with Crippen LogP contribution in [0.3, 0.4) is 0 Å². The van der Waals surface area contributed by atoms with Crippen molar-refractivity contribution < 1.29 is 14.3 Å². The van der Waals surface area contributed by atoms with Gasteiger partial charge in [0.05, 0.1) is 6.61 Å². The lowest BCUT2D eigenvalue weighted by atomic mass is 10.1. The smallest absolute Gasteiger partial charge is 0.251 e. The molecular weight excluding hydrogens is 418 g/mol. The van der Waals surface area contributed by atoms with Crippen molar-refractivity contribution in [2.24, 2.45) is 0 Å². The summed E-state index contributed by atoms with van der Waals surface area (Å²) in [7, 11) is 0. The molecule has 4 nitrogen and oxygen atoms in total. The van der Waals surface area contributed by atoms with Crippen LogP contribution in [0.4, 0.5) is 0 Å². The minimum atomic E-state index is -0.128. The van der Waals surface area contributed by atoms with Crippen LogP contribution in [0, 0.1) is 0 Å². The highest BCUT2D eigenvalue weighted by atomic mass is 79.9. The molecule has 3 aromatic rings. The maximum atomic E-state index is 12.6. The molecule has 0 aliphatic heterocycles. The summed E-state index contributed by atoms with van der Waals surface area (Å²) in [5, 5.41) is 2.96. The Balaban J connectivity index is 1.60. The molecule has 0 saturated carbocycles. The number of ether oxygens (including phenoxy) is 2. The third kappa shape index (κ3) is 5.60. The number of nitrogens with one attached hydrogen (secondary N) is 1. The van der Waals surface area contributed by atoms with Gasteiger partial charge in [-0.1, -0.05) is 46.3 Å². The lowest BCUT2D eigenvalue weighted by molar-refractivity contribution is 0.0950. The van der Waals surface area contributed by atoms with Gasteiger partial charge in [0, 0.05) is 22.1 Å². The molecule has 0 spiro atoms. The maximum absolute atomic E-state index is 12.6. The molecule has 0 aliphatic carbocycles. The molecule has 0 unspecified atom stereocenters. The minimum absolute atomic E-state index is 0.128. The molecule has 0 fully saturated rings. The van der Waals surface area contributed by atoms with Crippen LogP contribution < -0.4 is 14.8 Å². The van der Waals surface area contributed by atoms with Crippen LogP contribution in [-0.4, -0.2) is 12.5 Å². The van der Waals surface area contributed by atoms with E-state index in [4.69, 9.17) is 9.47 Å². The summed E-state index contributed by atoms with van der Waals surface area (Å²) in [6.45, 7) is 3.34. The van der Waals surface area contributed by atoms with E-state index in [0.717, 1.165) is 27.1 Å². The molecule has 0 radical (unpaired) electrons. The van der Waals surface area contributed by atoms with Crippen LogP contribution in [-0.2, 0) is 13.2 Å². The predicted molar refractivity (Wildman–Crippen MR) is 114 cm³/mol. The molecule has 1 N–H and O–H groups in total. The van der Waals surface area contributed by atoms with Gasteiger partial charge in [0.25, 0.3) is 5.91 Å². The predicted octanol–water partition coefficient (Wildman–Crippen LogP) is 5.36. The number of hydrogen-bond donors (Lipinski definition) is 1. The third-order valence-corrected chi connectivity index (χ3v) is 4.65. The number of benzene rings is 3. The second-order valence-corrected chi connectivity index (χ2v) is 7.08. The summed E-state index contributed by atoms with van der Waals surface area (Å²) in [5.74, 6) is 1.45. The summed E-state index contributed by atoms with van der Waals surface area (Å²) < 4.78 is 12.4. The Kier molecular flexibility index (Phi) is 7.09. The van der Waals surface area contributed by atoms with Crippen molar-refractivity contribution in [1.82, 2.24) is 5.32 Å². The summed E-state index contributed by atoms with van der Waals surface area (Å²) in [4.78, 5) is 12.6. The van der Waals surface area contributed by atoms with Crippen molar-refractivity contribution in [3.05, 3.63) is 94.0 Å². The molecule has 144 valence electrons. The average Bonchev–Trinajstić information content (AvgIpc) is 2.73. The lowest BCUT2D eigenvalue weighted by Crippen LogP contribution is -2.23. The number of carbonyl (C=O) groups is 1. The standard InChI is InChI=1S/C23H22BrNO3/c1-2-27-22-9-4-3-7-19(22)15-25-23(26)18-8-5-6-17(14-18)16-28-21-12-10-20(24)11-13-21/h3-14H,2,15-16H2,1H3,(H,25,26). The van der Waals surface area contributed by atoms with Crippen LogP contribution in [0.15, 0.2) is 77.3 Å². The molecule has 28 heavy (non-hydrogen) atoms. The monoisotopic (exact) mass is 439 g/mol. The number of para-hydroxylation sites is 1. The van der Waals surface area contributed by atoms with Crippen molar-refractivity contribution in [2.75, 3.05) is 6.61 Å². The van der Waals surface area contributed by atoms with Gasteiger partial charge in [0.1, 0.15) is 18.1 Å². The first-order chi connectivity index (χ1) is 13.7. The Hall–Kier alpha value is -2.79. The zero-order chi connectivity index (χ0) is 19.8. The van der Waals surface area contributed by atoms with Gasteiger partial charge in [-0.25, -0.2) is 0 Å². The first kappa shape index (κ1) is 20.0. The van der Waals surface area contributed by atoms with Crippen molar-refractivity contribution in [3.63, 3.8) is 0 Å². The molecule has 3 rings (SSSR count). The number of halogens is 1. The quantitative estimate of drug-likeness (QED) is 0.513. The second kappa shape index (κ2) is 9.95. The van der Waals surface area contributed by atoms with E-state index in [1.54, 1.807) is 6.07 Å². The Morgan fingerprint density at radius 1 is 0.964 bits per heavy atom. The Morgan fingerprint density at radius 3 is 2.54 bits per heavy atom. The summed E-state index contributed by atoms with van der Waals surface area (Å²) in [6, 6.07) is 22.8. The SMILES string of the molecule is CCOc1ccccc1CNC(=O)c1cccc(COc2ccc(Br)cc2)c1. The van der Waals surface area contributed by atoms with Gasteiger partial charge < -0.3 is 14.8 Å². The van der Waals surface area contributed by atoms with Crippen molar-refractivity contribution in [2.45, 2.75) is 20.1 Å². The van der Waals surface area contributed by atoms with Gasteiger partial charge in [0.15, 0.2) is 0 Å². The summed E-state index contributed by atoms with van der Waals surface area (Å²) in [6.07, 6.45) is 0. The van der Waals surface area contributed by atoms with Gasteiger partial charge in [0.2, 0.25) is 0 Å². The van der Waals surface area contributed by atoms with Crippen LogP contribution in [0.2, 0.25) is 0 Å². The highest BCUT2D eigenvalue weighted by molar-refractivity contribution is 9.10. The molecule has 5 heteroatoms. The molecule has 0 aromatic heterocycles. The van der Waals surface area contributed by atoms with Gasteiger partial charge >= 0.3 is 0 Å². The summed E-state index contributed by atoms with van der Waals surface area (Å²) in [5.41, 5.74) is 2.49. The van der Waals surface area contributed by atoms with E-state index in [2.05, 4.69) is 21.2 Å². The third-order valence-electron chi connectivity index (χ3n) is 4.12. The van der Waals surface area contributed by atoms with Crippen molar-refractivity contribution >= 4 is 21.8 Å². The van der Waals surface area contributed by atoms with Crippen LogP contribution in [0.1, 0.15) is 28.4 Å². The Labute approximate surface area is 173 Å². The van der Waals surface area contributed by atoms with E-state index in [0.29, 0.717) is 25.3 Å². The van der Waals surface area contributed by atoms with Gasteiger partial charge in [-0.15, -0.1) is 0 Å². The minimum Gasteiger partial charge on any atom is -0.494 e. The average molecular weight is 440 g/mol. The fraction of sp³-hybridized carbons (Fsp3) is 0.174. The Bertz CT molecular complexity index is 925. The largest absolute Gasteiger partial charge is 0.494 e. The van der Waals surface area contributed by atoms with Crippen LogP contribution in [0.5, 0.6) is 11.5 Å². The van der Waals surface area contributed by atoms with Gasteiger partial charge in [-0.05, 0) is 55.0 Å². The molecule has 0 bridgehead atoms. The first-order valence-electron chi connectivity index (χ1n) is 9.12. The maximum Gasteiger partial charge on any atom is 0.251 e. The van der Waals surface area contributed by atoms with Crippen molar-refractivity contribution in [3.8, 4) is 11.5 Å². The van der Waals surface area contributed by atoms with E-state index in [-0.39, 0.29) is 5.91 Å². The highest BCUT2D eigenvalue weighted by Crippen LogP contribution is 2.19. The molecule has 3 aromatic carbocycles.